The second-order valence-electron chi connectivity index (χ2n) is 2.19. The summed E-state index contributed by atoms with van der Waals surface area (Å²) in [6.45, 7) is 1.59. The molecule has 1 aromatic carbocycles. The third-order valence-electron chi connectivity index (χ3n) is 1.34. The molecule has 0 aliphatic rings. The predicted octanol–water partition coefficient (Wildman–Crippen LogP) is 1.55. The molecule has 0 atom stereocenters. The van der Waals surface area contributed by atoms with E-state index in [0.717, 1.165) is 5.56 Å². The second kappa shape index (κ2) is 4.38. The number of carbonyl (C=O) groups excluding carboxylic acids is 1. The Morgan fingerprint density at radius 3 is 2.67 bits per heavy atom. The first kappa shape index (κ1) is 8.59. The summed E-state index contributed by atoms with van der Waals surface area (Å²) in [7, 11) is 1.33. The third-order valence-corrected chi connectivity index (χ3v) is 1.34. The fraction of sp³-hybridized carbons (Fsp3) is 0.111. The molecule has 0 aliphatic carbocycles. The molecule has 0 saturated heterocycles. The van der Waals surface area contributed by atoms with E-state index in [1.807, 2.05) is 30.3 Å². The normalized spacial score (nSPS) is 9.08. The van der Waals surface area contributed by atoms with Crippen molar-refractivity contribution < 1.29 is 9.53 Å². The Bertz CT molecular complexity index is 246. The van der Waals surface area contributed by atoms with E-state index in [4.69, 9.17) is 0 Å². The lowest BCUT2D eigenvalue weighted by Crippen LogP contribution is -2.20. The van der Waals surface area contributed by atoms with E-state index in [-0.39, 0.29) is 0 Å². The monoisotopic (exact) mass is 164 g/mol. The van der Waals surface area contributed by atoms with E-state index in [0.29, 0.717) is 0 Å². The van der Waals surface area contributed by atoms with Crippen molar-refractivity contribution in [1.29, 1.82) is 0 Å². The van der Waals surface area contributed by atoms with Gasteiger partial charge in [0.1, 0.15) is 0 Å². The van der Waals surface area contributed by atoms with Crippen molar-refractivity contribution in [2.75, 3.05) is 7.11 Å². The van der Waals surface area contributed by atoms with Crippen LogP contribution < -0.4 is 5.32 Å². The molecule has 12 heavy (non-hydrogen) atoms. The molecule has 0 aromatic heterocycles. The third kappa shape index (κ3) is 2.62. The number of carbonyl (C=O) groups is 1. The van der Waals surface area contributed by atoms with Crippen LogP contribution in [0.4, 0.5) is 4.79 Å². The van der Waals surface area contributed by atoms with E-state index in [9.17, 15) is 4.79 Å². The Hall–Kier alpha value is -1.51. The minimum absolute atomic E-state index is 0.459. The first-order chi connectivity index (χ1) is 5.83. The molecule has 1 aromatic rings. The Kier molecular flexibility index (Phi) is 3.14. The zero-order valence-electron chi connectivity index (χ0n) is 6.78. The van der Waals surface area contributed by atoms with Crippen molar-refractivity contribution in [3.05, 3.63) is 42.4 Å². The highest BCUT2D eigenvalue weighted by Gasteiger charge is 1.97. The van der Waals surface area contributed by atoms with Gasteiger partial charge in [-0.2, -0.15) is 0 Å². The summed E-state index contributed by atoms with van der Waals surface area (Å²) in [6.07, 6.45) is -0.459. The molecule has 3 nitrogen and oxygen atoms in total. The van der Waals surface area contributed by atoms with Gasteiger partial charge in [0.2, 0.25) is 0 Å². The van der Waals surface area contributed by atoms with Crippen LogP contribution in [0, 0.1) is 6.54 Å². The number of nitrogens with one attached hydrogen (secondary N) is 1. The highest BCUT2D eigenvalue weighted by molar-refractivity contribution is 5.68. The summed E-state index contributed by atoms with van der Waals surface area (Å²) >= 11 is 0. The van der Waals surface area contributed by atoms with E-state index in [1.165, 1.54) is 7.11 Å². The number of ether oxygens (including phenoxy) is 1. The molecular weight excluding hydrogens is 154 g/mol. The molecule has 0 unspecified atom stereocenters. The highest BCUT2D eigenvalue weighted by atomic mass is 16.5. The first-order valence-corrected chi connectivity index (χ1v) is 3.55. The molecule has 63 valence electrons. The maximum Gasteiger partial charge on any atom is 0.407 e. The Balaban J connectivity index is 2.38. The van der Waals surface area contributed by atoms with Crippen molar-refractivity contribution in [2.24, 2.45) is 0 Å². The number of methoxy groups -OCH3 is 1. The molecule has 3 heteroatoms. The van der Waals surface area contributed by atoms with Crippen LogP contribution in [0.15, 0.2) is 30.3 Å². The Labute approximate surface area is 71.4 Å². The Morgan fingerprint density at radius 2 is 2.08 bits per heavy atom. The Morgan fingerprint density at radius 1 is 1.42 bits per heavy atom. The summed E-state index contributed by atoms with van der Waals surface area (Å²) in [5.41, 5.74) is 0.933. The molecule has 1 radical (unpaired) electrons. The van der Waals surface area contributed by atoms with Crippen LogP contribution in [-0.2, 0) is 4.74 Å². The van der Waals surface area contributed by atoms with Crippen LogP contribution in [0.2, 0.25) is 0 Å². The van der Waals surface area contributed by atoms with Gasteiger partial charge in [-0.1, -0.05) is 30.3 Å². The van der Waals surface area contributed by atoms with Crippen molar-refractivity contribution >= 4 is 6.09 Å². The average molecular weight is 164 g/mol. The van der Waals surface area contributed by atoms with Crippen LogP contribution in [0.5, 0.6) is 0 Å². The van der Waals surface area contributed by atoms with Crippen LogP contribution in [0.1, 0.15) is 5.56 Å². The predicted molar refractivity (Wildman–Crippen MR) is 45.4 cm³/mol. The molecule has 1 amide bonds. The van der Waals surface area contributed by atoms with Crippen LogP contribution in [-0.4, -0.2) is 13.2 Å². The van der Waals surface area contributed by atoms with Crippen LogP contribution in [0.25, 0.3) is 0 Å². The summed E-state index contributed by atoms with van der Waals surface area (Å²) in [4.78, 5) is 10.6. The molecule has 0 heterocycles. The number of alkyl carbamates (subject to hydrolysis) is 1. The van der Waals surface area contributed by atoms with Gasteiger partial charge in [0.25, 0.3) is 0 Å². The minimum Gasteiger partial charge on any atom is -0.453 e. The SMILES string of the molecule is COC(=O)N[CH]c1ccccc1. The van der Waals surface area contributed by atoms with Crippen LogP contribution in [0.3, 0.4) is 0 Å². The summed E-state index contributed by atoms with van der Waals surface area (Å²) < 4.78 is 4.39. The largest absolute Gasteiger partial charge is 0.453 e. The van der Waals surface area contributed by atoms with Crippen molar-refractivity contribution in [3.8, 4) is 0 Å². The molecule has 1 rings (SSSR count). The van der Waals surface area contributed by atoms with Gasteiger partial charge in [-0.25, -0.2) is 4.79 Å². The number of rotatable bonds is 2. The molecule has 0 aliphatic heterocycles. The van der Waals surface area contributed by atoms with E-state index in [2.05, 4.69) is 10.1 Å². The van der Waals surface area contributed by atoms with E-state index in [1.54, 1.807) is 6.54 Å². The van der Waals surface area contributed by atoms with Gasteiger partial charge in [-0.3, -0.25) is 0 Å². The zero-order chi connectivity index (χ0) is 8.81. The topological polar surface area (TPSA) is 38.3 Å². The quantitative estimate of drug-likeness (QED) is 0.720. The number of benzene rings is 1. The maximum absolute atomic E-state index is 10.6. The number of hydrogen-bond acceptors (Lipinski definition) is 2. The summed E-state index contributed by atoms with van der Waals surface area (Å²) in [5.74, 6) is 0. The van der Waals surface area contributed by atoms with E-state index < -0.39 is 6.09 Å². The second-order valence-corrected chi connectivity index (χ2v) is 2.19. The van der Waals surface area contributed by atoms with Crippen molar-refractivity contribution in [2.45, 2.75) is 0 Å². The molecular formula is C9H10NO2. The molecule has 0 fully saturated rings. The number of amides is 1. The summed E-state index contributed by atoms with van der Waals surface area (Å²) in [5, 5.41) is 2.46. The molecule has 0 spiro atoms. The standard InChI is InChI=1S/C9H10NO2/c1-12-9(11)10-7-8-5-3-2-4-6-8/h2-7H,1H3,(H,10,11). The fourth-order valence-corrected chi connectivity index (χ4v) is 0.750. The lowest BCUT2D eigenvalue weighted by atomic mass is 10.2. The maximum atomic E-state index is 10.6. The fourth-order valence-electron chi connectivity index (χ4n) is 0.750. The average Bonchev–Trinajstić information content (AvgIpc) is 2.16. The van der Waals surface area contributed by atoms with Gasteiger partial charge in [-0.05, 0) is 5.56 Å². The van der Waals surface area contributed by atoms with Gasteiger partial charge >= 0.3 is 6.09 Å². The minimum atomic E-state index is -0.459. The van der Waals surface area contributed by atoms with Gasteiger partial charge in [-0.15, -0.1) is 0 Å². The first-order valence-electron chi connectivity index (χ1n) is 3.55. The molecule has 0 saturated carbocycles. The molecule has 0 bridgehead atoms. The summed E-state index contributed by atoms with van der Waals surface area (Å²) in [6, 6.07) is 9.47. The van der Waals surface area contributed by atoms with Gasteiger partial charge in [0.05, 0.1) is 13.7 Å². The van der Waals surface area contributed by atoms with Gasteiger partial charge < -0.3 is 10.1 Å². The van der Waals surface area contributed by atoms with Gasteiger partial charge in [0, 0.05) is 0 Å². The van der Waals surface area contributed by atoms with Crippen molar-refractivity contribution in [1.82, 2.24) is 5.32 Å². The lowest BCUT2D eigenvalue weighted by Gasteiger charge is -2.01. The number of hydrogen-bond donors (Lipinski definition) is 1. The smallest absolute Gasteiger partial charge is 0.407 e. The zero-order valence-corrected chi connectivity index (χ0v) is 6.78. The lowest BCUT2D eigenvalue weighted by molar-refractivity contribution is 0.174. The van der Waals surface area contributed by atoms with Gasteiger partial charge in [0.15, 0.2) is 0 Å². The van der Waals surface area contributed by atoms with Crippen molar-refractivity contribution in [3.63, 3.8) is 0 Å². The van der Waals surface area contributed by atoms with Crippen LogP contribution >= 0.6 is 0 Å². The van der Waals surface area contributed by atoms with E-state index >= 15 is 0 Å². The molecule has 1 N–H and O–H groups in total. The highest BCUT2D eigenvalue weighted by Crippen LogP contribution is 1.98.